The highest BCUT2D eigenvalue weighted by Crippen LogP contribution is 2.29. The Morgan fingerprint density at radius 3 is 2.38 bits per heavy atom. The maximum atomic E-state index is 13.0. The monoisotopic (exact) mass is 462 g/mol. The van der Waals surface area contributed by atoms with E-state index in [-0.39, 0.29) is 6.61 Å². The molecular formula is C22H30N2O7Si. The predicted octanol–water partition coefficient (Wildman–Crippen LogP) is 0.728. The third-order valence-electron chi connectivity index (χ3n) is 6.59. The molecule has 3 N–H and O–H groups in total. The molecule has 0 unspecified atom stereocenters. The van der Waals surface area contributed by atoms with Crippen LogP contribution in [0, 0.1) is 0 Å². The van der Waals surface area contributed by atoms with Gasteiger partial charge >= 0.3 is 11.7 Å². The number of carbonyl (C=O) groups is 1. The summed E-state index contributed by atoms with van der Waals surface area (Å²) in [7, 11) is -1.84. The van der Waals surface area contributed by atoms with Crippen molar-refractivity contribution in [3.05, 3.63) is 62.9 Å². The van der Waals surface area contributed by atoms with Gasteiger partial charge in [0.05, 0.1) is 13.6 Å². The maximum absolute atomic E-state index is 13.0. The van der Waals surface area contributed by atoms with Crippen LogP contribution in [0.25, 0.3) is 0 Å². The molecule has 4 atom stereocenters. The van der Waals surface area contributed by atoms with Crippen LogP contribution in [0.1, 0.15) is 37.4 Å². The number of ether oxygens (including phenoxy) is 2. The molecule has 0 radical (unpaired) electrons. The first kappa shape index (κ1) is 24.1. The molecule has 3 rings (SSSR count). The van der Waals surface area contributed by atoms with Crippen molar-refractivity contribution >= 4 is 19.2 Å². The number of aromatic nitrogens is 2. The molecule has 0 spiro atoms. The van der Waals surface area contributed by atoms with Crippen molar-refractivity contribution in [1.29, 1.82) is 0 Å². The highest BCUT2D eigenvalue weighted by atomic mass is 28.3. The van der Waals surface area contributed by atoms with Crippen LogP contribution < -0.4 is 16.4 Å². The molecule has 1 aliphatic rings. The van der Waals surface area contributed by atoms with Crippen molar-refractivity contribution < 1.29 is 24.5 Å². The van der Waals surface area contributed by atoms with E-state index in [1.807, 2.05) is 12.1 Å². The second kappa shape index (κ2) is 9.95. The van der Waals surface area contributed by atoms with Crippen molar-refractivity contribution in [3.8, 4) is 0 Å². The molecule has 0 saturated carbocycles. The topological polar surface area (TPSA) is 131 Å². The number of aliphatic hydroxyl groups is 2. The Bertz CT molecular complexity index is 1050. The van der Waals surface area contributed by atoms with E-state index in [4.69, 9.17) is 9.47 Å². The Kier molecular flexibility index (Phi) is 7.50. The molecule has 1 fully saturated rings. The largest absolute Gasteiger partial charge is 0.459 e. The molecule has 174 valence electrons. The summed E-state index contributed by atoms with van der Waals surface area (Å²) < 4.78 is 12.1. The smallest absolute Gasteiger partial charge is 0.338 e. The van der Waals surface area contributed by atoms with Gasteiger partial charge in [-0.2, -0.15) is 0 Å². The zero-order chi connectivity index (χ0) is 23.5. The van der Waals surface area contributed by atoms with Gasteiger partial charge in [-0.3, -0.25) is 14.3 Å². The van der Waals surface area contributed by atoms with Gasteiger partial charge < -0.3 is 19.7 Å². The van der Waals surface area contributed by atoms with E-state index in [1.165, 1.54) is 6.20 Å². The third kappa shape index (κ3) is 4.49. The summed E-state index contributed by atoms with van der Waals surface area (Å²) in [6, 6.07) is 11.6. The van der Waals surface area contributed by atoms with Crippen LogP contribution in [0.2, 0.25) is 18.1 Å². The Balaban J connectivity index is 1.76. The van der Waals surface area contributed by atoms with Gasteiger partial charge in [0, 0.05) is 12.3 Å². The second-order valence-corrected chi connectivity index (χ2v) is 13.3. The van der Waals surface area contributed by atoms with E-state index >= 15 is 0 Å². The Hall–Kier alpha value is -2.53. The number of esters is 1. The van der Waals surface area contributed by atoms with Crippen LogP contribution >= 0.6 is 0 Å². The van der Waals surface area contributed by atoms with Gasteiger partial charge in [0.1, 0.15) is 24.9 Å². The lowest BCUT2D eigenvalue weighted by Gasteiger charge is -2.30. The number of benzene rings is 1. The van der Waals surface area contributed by atoms with E-state index in [1.54, 1.807) is 12.1 Å². The quantitative estimate of drug-likeness (QED) is 0.389. The first-order chi connectivity index (χ1) is 15.3. The van der Waals surface area contributed by atoms with E-state index in [0.29, 0.717) is 5.56 Å². The number of rotatable bonds is 8. The zero-order valence-corrected chi connectivity index (χ0v) is 19.5. The normalized spacial score (nSPS) is 23.3. The number of carbonyl (C=O) groups excluding carboxylic acids is 1. The Labute approximate surface area is 186 Å². The van der Waals surface area contributed by atoms with Crippen molar-refractivity contribution in [2.45, 2.75) is 63.4 Å². The number of aromatic amines is 1. The van der Waals surface area contributed by atoms with Crippen LogP contribution in [0.15, 0.2) is 46.1 Å². The first-order valence-electron chi connectivity index (χ1n) is 10.9. The Morgan fingerprint density at radius 2 is 1.75 bits per heavy atom. The van der Waals surface area contributed by atoms with E-state index in [2.05, 4.69) is 25.8 Å². The van der Waals surface area contributed by atoms with Crippen molar-refractivity contribution in [1.82, 2.24) is 9.55 Å². The SMILES string of the molecule is CC[Si](CC)(CC)c1ccccc1C(=O)OC[C@H]1O[C@@H](n2ccc(=O)[nH]c2=O)[C@H](O)[C@@H]1O. The number of aliphatic hydroxyl groups excluding tert-OH is 2. The lowest BCUT2D eigenvalue weighted by Crippen LogP contribution is -2.48. The molecule has 1 aliphatic heterocycles. The maximum Gasteiger partial charge on any atom is 0.338 e. The second-order valence-electron chi connectivity index (χ2n) is 8.05. The number of nitrogens with zero attached hydrogens (tertiary/aromatic N) is 1. The molecule has 0 amide bonds. The zero-order valence-electron chi connectivity index (χ0n) is 18.5. The molecule has 2 heterocycles. The molecule has 9 nitrogen and oxygen atoms in total. The van der Waals surface area contributed by atoms with Crippen molar-refractivity contribution in [2.24, 2.45) is 0 Å². The molecule has 1 saturated heterocycles. The average Bonchev–Trinajstić information content (AvgIpc) is 3.08. The summed E-state index contributed by atoms with van der Waals surface area (Å²) >= 11 is 0. The average molecular weight is 463 g/mol. The molecule has 32 heavy (non-hydrogen) atoms. The lowest BCUT2D eigenvalue weighted by atomic mass is 10.1. The molecule has 10 heteroatoms. The van der Waals surface area contributed by atoms with Crippen LogP contribution in [-0.4, -0.2) is 58.7 Å². The summed E-state index contributed by atoms with van der Waals surface area (Å²) in [5.74, 6) is -0.511. The van der Waals surface area contributed by atoms with Gasteiger partial charge in [-0.15, -0.1) is 0 Å². The minimum Gasteiger partial charge on any atom is -0.459 e. The number of hydrogen-bond acceptors (Lipinski definition) is 7. The lowest BCUT2D eigenvalue weighted by molar-refractivity contribution is -0.0598. The summed E-state index contributed by atoms with van der Waals surface area (Å²) in [6.45, 7) is 6.18. The molecule has 1 aromatic carbocycles. The fourth-order valence-corrected chi connectivity index (χ4v) is 8.25. The number of hydrogen-bond donors (Lipinski definition) is 3. The molecule has 0 bridgehead atoms. The molecule has 2 aromatic rings. The van der Waals surface area contributed by atoms with Crippen molar-refractivity contribution in [3.63, 3.8) is 0 Å². The highest BCUT2D eigenvalue weighted by molar-refractivity contribution is 6.92. The van der Waals surface area contributed by atoms with Gasteiger partial charge in [-0.25, -0.2) is 9.59 Å². The van der Waals surface area contributed by atoms with E-state index < -0.39 is 49.8 Å². The fourth-order valence-electron chi connectivity index (χ4n) is 4.40. The van der Waals surface area contributed by atoms with Crippen molar-refractivity contribution in [2.75, 3.05) is 6.61 Å². The third-order valence-corrected chi connectivity index (χ3v) is 12.2. The highest BCUT2D eigenvalue weighted by Gasteiger charge is 2.45. The summed E-state index contributed by atoms with van der Waals surface area (Å²) in [5, 5.41) is 21.8. The standard InChI is InChI=1S/C22H30N2O7Si/c1-4-32(5-2,6-3)16-10-8-7-9-14(16)21(28)30-13-15-18(26)19(27)20(31-15)24-12-11-17(25)23-22(24)29/h7-12,15,18-20,26-27H,4-6,13H2,1-3H3,(H,23,25,29)/t15-,18-,19-,20-/m1/s1. The minimum atomic E-state index is -1.84. The number of H-pyrrole nitrogens is 1. The van der Waals surface area contributed by atoms with Crippen LogP contribution in [0.3, 0.4) is 0 Å². The molecule has 0 aliphatic carbocycles. The van der Waals surface area contributed by atoms with E-state index in [0.717, 1.165) is 34.0 Å². The van der Waals surface area contributed by atoms with Crippen LogP contribution in [0.5, 0.6) is 0 Å². The first-order valence-corrected chi connectivity index (χ1v) is 13.5. The van der Waals surface area contributed by atoms with Gasteiger partial charge in [0.15, 0.2) is 6.23 Å². The van der Waals surface area contributed by atoms with Gasteiger partial charge in [-0.1, -0.05) is 57.1 Å². The fraction of sp³-hybridized carbons (Fsp3) is 0.500. The molecule has 1 aromatic heterocycles. The van der Waals surface area contributed by atoms with Gasteiger partial charge in [-0.05, 0) is 11.3 Å². The van der Waals surface area contributed by atoms with E-state index in [9.17, 15) is 24.6 Å². The number of nitrogens with one attached hydrogen (secondary N) is 1. The van der Waals surface area contributed by atoms with Crippen LogP contribution in [-0.2, 0) is 9.47 Å². The van der Waals surface area contributed by atoms with Gasteiger partial charge in [0.2, 0.25) is 0 Å². The Morgan fingerprint density at radius 1 is 1.09 bits per heavy atom. The predicted molar refractivity (Wildman–Crippen MR) is 121 cm³/mol. The van der Waals surface area contributed by atoms with Gasteiger partial charge in [0.25, 0.3) is 5.56 Å². The summed E-state index contributed by atoms with van der Waals surface area (Å²) in [4.78, 5) is 38.3. The summed E-state index contributed by atoms with van der Waals surface area (Å²) in [6.07, 6.45) is -3.88. The molecular weight excluding hydrogens is 432 g/mol. The summed E-state index contributed by atoms with van der Waals surface area (Å²) in [5.41, 5.74) is -0.847. The van der Waals surface area contributed by atoms with Crippen LogP contribution in [0.4, 0.5) is 0 Å². The minimum absolute atomic E-state index is 0.293.